The second kappa shape index (κ2) is 2.35. The Morgan fingerprint density at radius 2 is 2.08 bits per heavy atom. The Labute approximate surface area is 76.7 Å². The van der Waals surface area contributed by atoms with Crippen LogP contribution in [0.4, 0.5) is 0 Å². The van der Waals surface area contributed by atoms with Gasteiger partial charge in [-0.2, -0.15) is 0 Å². The van der Waals surface area contributed by atoms with E-state index in [9.17, 15) is 4.79 Å². The SMILES string of the molecule is COC1=CC(=O)[C@H]2C3CCC(O3)[C@@H]12. The number of carbonyl (C=O) groups is 1. The Morgan fingerprint density at radius 1 is 1.38 bits per heavy atom. The molecule has 0 aromatic carbocycles. The molecule has 3 nitrogen and oxygen atoms in total. The predicted molar refractivity (Wildman–Crippen MR) is 45.0 cm³/mol. The van der Waals surface area contributed by atoms with Gasteiger partial charge < -0.3 is 9.47 Å². The van der Waals surface area contributed by atoms with Gasteiger partial charge in [0.05, 0.1) is 31.2 Å². The van der Waals surface area contributed by atoms with Crippen molar-refractivity contribution in [2.24, 2.45) is 11.8 Å². The monoisotopic (exact) mass is 180 g/mol. The third-order valence-corrected chi connectivity index (χ3v) is 3.45. The van der Waals surface area contributed by atoms with Crippen molar-refractivity contribution >= 4 is 5.78 Å². The van der Waals surface area contributed by atoms with Gasteiger partial charge in [0.25, 0.3) is 0 Å². The molecule has 0 aromatic rings. The third-order valence-electron chi connectivity index (χ3n) is 3.45. The van der Waals surface area contributed by atoms with Gasteiger partial charge in [-0.05, 0) is 12.8 Å². The lowest BCUT2D eigenvalue weighted by molar-refractivity contribution is -0.119. The summed E-state index contributed by atoms with van der Waals surface area (Å²) >= 11 is 0. The van der Waals surface area contributed by atoms with E-state index < -0.39 is 0 Å². The van der Waals surface area contributed by atoms with Gasteiger partial charge in [0.2, 0.25) is 0 Å². The number of methoxy groups -OCH3 is 1. The maximum atomic E-state index is 11.6. The Balaban J connectivity index is 1.98. The zero-order valence-electron chi connectivity index (χ0n) is 7.53. The topological polar surface area (TPSA) is 35.5 Å². The van der Waals surface area contributed by atoms with Gasteiger partial charge in [-0.25, -0.2) is 0 Å². The van der Waals surface area contributed by atoms with Gasteiger partial charge in [-0.1, -0.05) is 0 Å². The molecule has 0 aromatic heterocycles. The van der Waals surface area contributed by atoms with Crippen molar-refractivity contribution in [1.82, 2.24) is 0 Å². The number of allylic oxidation sites excluding steroid dienone is 1. The summed E-state index contributed by atoms with van der Waals surface area (Å²) in [4.78, 5) is 11.6. The van der Waals surface area contributed by atoms with E-state index in [-0.39, 0.29) is 29.8 Å². The first kappa shape index (κ1) is 7.56. The molecule has 0 N–H and O–H groups in total. The van der Waals surface area contributed by atoms with Crippen molar-refractivity contribution < 1.29 is 14.3 Å². The highest BCUT2D eigenvalue weighted by atomic mass is 16.5. The number of ketones is 1. The molecule has 2 unspecified atom stereocenters. The van der Waals surface area contributed by atoms with Crippen LogP contribution in [0.1, 0.15) is 12.8 Å². The highest BCUT2D eigenvalue weighted by Crippen LogP contribution is 2.50. The van der Waals surface area contributed by atoms with Gasteiger partial charge in [0, 0.05) is 6.08 Å². The zero-order chi connectivity index (χ0) is 9.00. The van der Waals surface area contributed by atoms with E-state index >= 15 is 0 Å². The van der Waals surface area contributed by atoms with E-state index in [2.05, 4.69) is 0 Å². The normalized spacial score (nSPS) is 46.5. The number of hydrogen-bond acceptors (Lipinski definition) is 3. The molecule has 4 atom stereocenters. The van der Waals surface area contributed by atoms with E-state index in [0.717, 1.165) is 18.6 Å². The molecule has 70 valence electrons. The third kappa shape index (κ3) is 0.804. The van der Waals surface area contributed by atoms with E-state index in [1.807, 2.05) is 0 Å². The number of carbonyl (C=O) groups excluding carboxylic acids is 1. The molecular weight excluding hydrogens is 168 g/mol. The lowest BCUT2D eigenvalue weighted by atomic mass is 9.80. The summed E-state index contributed by atoms with van der Waals surface area (Å²) in [5, 5.41) is 0. The molecule has 3 heteroatoms. The fourth-order valence-corrected chi connectivity index (χ4v) is 2.93. The number of fused-ring (bicyclic) bond motifs is 5. The smallest absolute Gasteiger partial charge is 0.165 e. The fraction of sp³-hybridized carbons (Fsp3) is 0.700. The first-order valence-electron chi connectivity index (χ1n) is 4.76. The van der Waals surface area contributed by atoms with Gasteiger partial charge >= 0.3 is 0 Å². The number of ether oxygens (including phenoxy) is 2. The van der Waals surface area contributed by atoms with Crippen molar-refractivity contribution in [1.29, 1.82) is 0 Å². The van der Waals surface area contributed by atoms with Crippen molar-refractivity contribution in [2.45, 2.75) is 25.0 Å². The van der Waals surface area contributed by atoms with Gasteiger partial charge in [-0.15, -0.1) is 0 Å². The van der Waals surface area contributed by atoms with Crippen molar-refractivity contribution in [3.05, 3.63) is 11.8 Å². The second-order valence-electron chi connectivity index (χ2n) is 4.00. The summed E-state index contributed by atoms with van der Waals surface area (Å²) in [6, 6.07) is 0. The molecule has 3 rings (SSSR count). The number of hydrogen-bond donors (Lipinski definition) is 0. The van der Waals surface area contributed by atoms with Crippen LogP contribution >= 0.6 is 0 Å². The summed E-state index contributed by atoms with van der Waals surface area (Å²) in [7, 11) is 1.63. The van der Waals surface area contributed by atoms with Gasteiger partial charge in [0.1, 0.15) is 5.76 Å². The minimum Gasteiger partial charge on any atom is -0.501 e. The first-order chi connectivity index (χ1) is 6.31. The molecule has 1 aliphatic carbocycles. The first-order valence-corrected chi connectivity index (χ1v) is 4.76. The highest BCUT2D eigenvalue weighted by Gasteiger charge is 2.56. The molecule has 13 heavy (non-hydrogen) atoms. The van der Waals surface area contributed by atoms with Crippen LogP contribution < -0.4 is 0 Å². The van der Waals surface area contributed by atoms with Crippen LogP contribution in [-0.2, 0) is 14.3 Å². The molecule has 2 aliphatic heterocycles. The molecule has 0 spiro atoms. The molecule has 2 bridgehead atoms. The average Bonchev–Trinajstić information content (AvgIpc) is 2.76. The maximum Gasteiger partial charge on any atom is 0.165 e. The second-order valence-corrected chi connectivity index (χ2v) is 4.00. The molecule has 2 heterocycles. The van der Waals surface area contributed by atoms with Gasteiger partial charge in [0.15, 0.2) is 5.78 Å². The Hall–Kier alpha value is -0.830. The lowest BCUT2D eigenvalue weighted by Crippen LogP contribution is -2.29. The van der Waals surface area contributed by atoms with Crippen LogP contribution in [0.15, 0.2) is 11.8 Å². The maximum absolute atomic E-state index is 11.6. The molecule has 0 amide bonds. The fourth-order valence-electron chi connectivity index (χ4n) is 2.93. The molecule has 0 radical (unpaired) electrons. The quantitative estimate of drug-likeness (QED) is 0.601. The summed E-state index contributed by atoms with van der Waals surface area (Å²) in [5.41, 5.74) is 0. The van der Waals surface area contributed by atoms with Crippen LogP contribution in [0.5, 0.6) is 0 Å². The van der Waals surface area contributed by atoms with Crippen LogP contribution in [-0.4, -0.2) is 25.1 Å². The van der Waals surface area contributed by atoms with E-state index in [1.165, 1.54) is 0 Å². The summed E-state index contributed by atoms with van der Waals surface area (Å²) in [5.74, 6) is 1.35. The largest absolute Gasteiger partial charge is 0.501 e. The van der Waals surface area contributed by atoms with E-state index in [4.69, 9.17) is 9.47 Å². The summed E-state index contributed by atoms with van der Waals surface area (Å²) < 4.78 is 10.9. The van der Waals surface area contributed by atoms with Crippen LogP contribution in [0.2, 0.25) is 0 Å². The van der Waals surface area contributed by atoms with Crippen molar-refractivity contribution in [3.8, 4) is 0 Å². The highest BCUT2D eigenvalue weighted by molar-refractivity contribution is 5.96. The van der Waals surface area contributed by atoms with E-state index in [0.29, 0.717) is 0 Å². The van der Waals surface area contributed by atoms with Crippen molar-refractivity contribution in [3.63, 3.8) is 0 Å². The molecular formula is C10H12O3. The van der Waals surface area contributed by atoms with E-state index in [1.54, 1.807) is 13.2 Å². The minimum absolute atomic E-state index is 0.0775. The summed E-state index contributed by atoms with van der Waals surface area (Å²) in [6.07, 6.45) is 4.20. The Morgan fingerprint density at radius 3 is 2.77 bits per heavy atom. The van der Waals surface area contributed by atoms with Crippen molar-refractivity contribution in [2.75, 3.05) is 7.11 Å². The average molecular weight is 180 g/mol. The van der Waals surface area contributed by atoms with Crippen LogP contribution in [0, 0.1) is 11.8 Å². The molecule has 2 fully saturated rings. The predicted octanol–water partition coefficient (Wildman–Crippen LogP) is 0.893. The Bertz CT molecular complexity index is 295. The lowest BCUT2D eigenvalue weighted by Gasteiger charge is -2.21. The van der Waals surface area contributed by atoms with Gasteiger partial charge in [-0.3, -0.25) is 4.79 Å². The molecule has 3 aliphatic rings. The number of rotatable bonds is 1. The summed E-state index contributed by atoms with van der Waals surface area (Å²) in [6.45, 7) is 0. The minimum atomic E-state index is 0.0775. The molecule has 2 saturated heterocycles. The Kier molecular flexibility index (Phi) is 1.37. The molecule has 0 saturated carbocycles. The van der Waals surface area contributed by atoms with Crippen LogP contribution in [0.25, 0.3) is 0 Å². The standard InChI is InChI=1S/C10H12O3/c1-12-8-4-5(11)9-6-2-3-7(13-6)10(8)9/h4,6-7,9-10H,2-3H2,1H3/t6?,7?,9-,10-/m0/s1. The van der Waals surface area contributed by atoms with Crippen LogP contribution in [0.3, 0.4) is 0 Å². The zero-order valence-corrected chi connectivity index (χ0v) is 7.53.